The fourth-order valence-electron chi connectivity index (χ4n) is 3.01. The lowest BCUT2D eigenvalue weighted by Gasteiger charge is -2.10. The predicted octanol–water partition coefficient (Wildman–Crippen LogP) is 2.00. The van der Waals surface area contributed by atoms with Gasteiger partial charge in [-0.05, 0) is 37.5 Å². The molecule has 0 radical (unpaired) electrons. The Morgan fingerprint density at radius 3 is 2.32 bits per heavy atom. The third kappa shape index (κ3) is 6.57. The van der Waals surface area contributed by atoms with Gasteiger partial charge in [-0.15, -0.1) is 0 Å². The molecule has 1 fully saturated rings. The van der Waals surface area contributed by atoms with Gasteiger partial charge >= 0.3 is 0 Å². The minimum atomic E-state index is -0.136. The SMILES string of the molecule is CCNC(=O)Cc1ccc(NC(=O)CCNC(=O)C2CCCC2)cc1. The number of benzene rings is 1. The molecule has 0 heterocycles. The maximum absolute atomic E-state index is 11.9. The normalized spacial score (nSPS) is 14.1. The second kappa shape index (κ2) is 9.81. The van der Waals surface area contributed by atoms with Crippen molar-refractivity contribution in [3.8, 4) is 0 Å². The highest BCUT2D eigenvalue weighted by Gasteiger charge is 2.22. The first kappa shape index (κ1) is 19.0. The first-order valence-electron chi connectivity index (χ1n) is 9.01. The van der Waals surface area contributed by atoms with E-state index >= 15 is 0 Å². The number of likely N-dealkylation sites (N-methyl/N-ethyl adjacent to an activating group) is 1. The van der Waals surface area contributed by atoms with Gasteiger partial charge < -0.3 is 16.0 Å². The highest BCUT2D eigenvalue weighted by Crippen LogP contribution is 2.24. The Balaban J connectivity index is 1.69. The molecular weight excluding hydrogens is 318 g/mol. The Hall–Kier alpha value is -2.37. The van der Waals surface area contributed by atoms with Gasteiger partial charge in [-0.25, -0.2) is 0 Å². The summed E-state index contributed by atoms with van der Waals surface area (Å²) in [6.07, 6.45) is 4.74. The van der Waals surface area contributed by atoms with Gasteiger partial charge in [0.2, 0.25) is 17.7 Å². The van der Waals surface area contributed by atoms with Crippen LogP contribution in [0.15, 0.2) is 24.3 Å². The van der Waals surface area contributed by atoms with Gasteiger partial charge in [0.05, 0.1) is 6.42 Å². The van der Waals surface area contributed by atoms with Gasteiger partial charge in [0, 0.05) is 31.1 Å². The standard InChI is InChI=1S/C19H27N3O3/c1-2-20-18(24)13-14-7-9-16(10-8-14)22-17(23)11-12-21-19(25)15-5-3-4-6-15/h7-10,15H,2-6,11-13H2,1H3,(H,20,24)(H,21,25)(H,22,23). The van der Waals surface area contributed by atoms with Crippen LogP contribution >= 0.6 is 0 Å². The summed E-state index contributed by atoms with van der Waals surface area (Å²) in [6.45, 7) is 2.85. The minimum absolute atomic E-state index is 0.0164. The molecule has 0 atom stereocenters. The minimum Gasteiger partial charge on any atom is -0.356 e. The van der Waals surface area contributed by atoms with Crippen molar-refractivity contribution >= 4 is 23.4 Å². The van der Waals surface area contributed by atoms with Crippen LogP contribution < -0.4 is 16.0 Å². The molecule has 1 aromatic rings. The van der Waals surface area contributed by atoms with Crippen molar-refractivity contribution in [2.45, 2.75) is 45.4 Å². The lowest BCUT2D eigenvalue weighted by molar-refractivity contribution is -0.125. The molecule has 2 rings (SSSR count). The molecule has 0 saturated heterocycles. The fourth-order valence-corrected chi connectivity index (χ4v) is 3.01. The number of nitrogens with one attached hydrogen (secondary N) is 3. The zero-order chi connectivity index (χ0) is 18.1. The topological polar surface area (TPSA) is 87.3 Å². The number of anilines is 1. The van der Waals surface area contributed by atoms with Crippen molar-refractivity contribution in [2.24, 2.45) is 5.92 Å². The van der Waals surface area contributed by atoms with Crippen molar-refractivity contribution in [1.82, 2.24) is 10.6 Å². The van der Waals surface area contributed by atoms with E-state index in [4.69, 9.17) is 0 Å². The average Bonchev–Trinajstić information content (AvgIpc) is 3.11. The molecule has 0 spiro atoms. The van der Waals surface area contributed by atoms with E-state index in [1.807, 2.05) is 19.1 Å². The second-order valence-electron chi connectivity index (χ2n) is 6.40. The van der Waals surface area contributed by atoms with Crippen LogP contribution in [-0.2, 0) is 20.8 Å². The molecule has 1 aliphatic rings. The molecule has 25 heavy (non-hydrogen) atoms. The number of amides is 3. The van der Waals surface area contributed by atoms with Crippen LogP contribution in [0.1, 0.15) is 44.6 Å². The summed E-state index contributed by atoms with van der Waals surface area (Å²) in [4.78, 5) is 35.3. The van der Waals surface area contributed by atoms with Crippen molar-refractivity contribution in [3.63, 3.8) is 0 Å². The van der Waals surface area contributed by atoms with E-state index in [1.165, 1.54) is 0 Å². The highest BCUT2D eigenvalue weighted by atomic mass is 16.2. The summed E-state index contributed by atoms with van der Waals surface area (Å²) in [7, 11) is 0. The van der Waals surface area contributed by atoms with Gasteiger partial charge in [-0.2, -0.15) is 0 Å². The molecule has 1 saturated carbocycles. The third-order valence-corrected chi connectivity index (χ3v) is 4.35. The molecule has 6 nitrogen and oxygen atoms in total. The van der Waals surface area contributed by atoms with Crippen molar-refractivity contribution in [2.75, 3.05) is 18.4 Å². The molecule has 6 heteroatoms. The van der Waals surface area contributed by atoms with Crippen LogP contribution in [0, 0.1) is 5.92 Å². The molecule has 0 bridgehead atoms. The zero-order valence-corrected chi connectivity index (χ0v) is 14.8. The second-order valence-corrected chi connectivity index (χ2v) is 6.40. The third-order valence-electron chi connectivity index (χ3n) is 4.35. The molecule has 136 valence electrons. The summed E-state index contributed by atoms with van der Waals surface area (Å²) in [5, 5.41) is 8.39. The lowest BCUT2D eigenvalue weighted by atomic mass is 10.1. The Morgan fingerprint density at radius 2 is 1.68 bits per heavy atom. The number of carbonyl (C=O) groups is 3. The van der Waals surface area contributed by atoms with Gasteiger partial charge in [0.15, 0.2) is 0 Å². The molecule has 0 aliphatic heterocycles. The van der Waals surface area contributed by atoms with Crippen molar-refractivity contribution in [3.05, 3.63) is 29.8 Å². The summed E-state index contributed by atoms with van der Waals surface area (Å²) < 4.78 is 0. The fraction of sp³-hybridized carbons (Fsp3) is 0.526. The number of carbonyl (C=O) groups excluding carboxylic acids is 3. The van der Waals surface area contributed by atoms with Gasteiger partial charge in [-0.1, -0.05) is 25.0 Å². The monoisotopic (exact) mass is 345 g/mol. The van der Waals surface area contributed by atoms with Crippen molar-refractivity contribution < 1.29 is 14.4 Å². The van der Waals surface area contributed by atoms with E-state index in [1.54, 1.807) is 12.1 Å². The van der Waals surface area contributed by atoms with E-state index in [2.05, 4.69) is 16.0 Å². The lowest BCUT2D eigenvalue weighted by Crippen LogP contribution is -2.32. The maximum atomic E-state index is 11.9. The summed E-state index contributed by atoms with van der Waals surface area (Å²) in [6, 6.07) is 7.21. The number of rotatable bonds is 8. The molecule has 3 N–H and O–H groups in total. The molecular formula is C19H27N3O3. The van der Waals surface area contributed by atoms with Crippen LogP contribution in [0.5, 0.6) is 0 Å². The zero-order valence-electron chi connectivity index (χ0n) is 14.8. The molecule has 0 unspecified atom stereocenters. The molecule has 1 aliphatic carbocycles. The van der Waals surface area contributed by atoms with Crippen LogP contribution in [0.25, 0.3) is 0 Å². The van der Waals surface area contributed by atoms with Crippen LogP contribution in [0.2, 0.25) is 0 Å². The maximum Gasteiger partial charge on any atom is 0.226 e. The van der Waals surface area contributed by atoms with Gasteiger partial charge in [0.25, 0.3) is 0 Å². The van der Waals surface area contributed by atoms with Gasteiger partial charge in [0.1, 0.15) is 0 Å². The number of hydrogen-bond acceptors (Lipinski definition) is 3. The van der Waals surface area contributed by atoms with Crippen LogP contribution in [0.4, 0.5) is 5.69 Å². The Labute approximate surface area is 148 Å². The highest BCUT2D eigenvalue weighted by molar-refractivity contribution is 5.91. The van der Waals surface area contributed by atoms with Gasteiger partial charge in [-0.3, -0.25) is 14.4 Å². The van der Waals surface area contributed by atoms with E-state index in [-0.39, 0.29) is 30.1 Å². The molecule has 3 amide bonds. The van der Waals surface area contributed by atoms with E-state index < -0.39 is 0 Å². The quantitative estimate of drug-likeness (QED) is 0.673. The smallest absolute Gasteiger partial charge is 0.226 e. The van der Waals surface area contributed by atoms with Crippen LogP contribution in [0.3, 0.4) is 0 Å². The Bertz CT molecular complexity index is 592. The molecule has 1 aromatic carbocycles. The van der Waals surface area contributed by atoms with Crippen molar-refractivity contribution in [1.29, 1.82) is 0 Å². The van der Waals surface area contributed by atoms with E-state index in [9.17, 15) is 14.4 Å². The first-order valence-corrected chi connectivity index (χ1v) is 9.01. The summed E-state index contributed by atoms with van der Waals surface area (Å²) in [5.41, 5.74) is 1.58. The average molecular weight is 345 g/mol. The van der Waals surface area contributed by atoms with E-state index in [0.717, 1.165) is 31.2 Å². The Morgan fingerprint density at radius 1 is 1.00 bits per heavy atom. The predicted molar refractivity (Wildman–Crippen MR) is 97.0 cm³/mol. The van der Waals surface area contributed by atoms with Crippen LogP contribution in [-0.4, -0.2) is 30.8 Å². The number of hydrogen-bond donors (Lipinski definition) is 3. The largest absolute Gasteiger partial charge is 0.356 e. The molecule has 0 aromatic heterocycles. The first-order chi connectivity index (χ1) is 12.1. The Kier molecular flexibility index (Phi) is 7.44. The summed E-state index contributed by atoms with van der Waals surface area (Å²) >= 11 is 0. The van der Waals surface area contributed by atoms with E-state index in [0.29, 0.717) is 25.2 Å². The summed E-state index contributed by atoms with van der Waals surface area (Å²) in [5.74, 6) is 0.0426.